The summed E-state index contributed by atoms with van der Waals surface area (Å²) in [6.45, 7) is 5.51. The molecule has 2 heterocycles. The van der Waals surface area contributed by atoms with E-state index in [0.717, 1.165) is 11.1 Å². The van der Waals surface area contributed by atoms with Crippen LogP contribution in [0.4, 0.5) is 6.01 Å². The molecule has 1 amide bonds. The number of rotatable bonds is 6. The molecule has 0 atom stereocenters. The van der Waals surface area contributed by atoms with Crippen molar-refractivity contribution in [3.63, 3.8) is 0 Å². The van der Waals surface area contributed by atoms with E-state index in [-0.39, 0.29) is 30.8 Å². The lowest BCUT2D eigenvalue weighted by Crippen LogP contribution is -2.46. The zero-order valence-electron chi connectivity index (χ0n) is 15.2. The van der Waals surface area contributed by atoms with E-state index in [2.05, 4.69) is 9.88 Å². The van der Waals surface area contributed by atoms with Gasteiger partial charge in [0.05, 0.1) is 6.42 Å². The quantitative estimate of drug-likeness (QED) is 0.853. The molecule has 3 rings (SSSR count). The number of nitrogens with zero attached hydrogens (tertiary/aromatic N) is 3. The normalized spacial score (nSPS) is 15.6. The molecule has 1 saturated heterocycles. The SMILES string of the molecule is CC(C)N(CCC(=O)O)C(=O)C1CCN(c2nc3ccccc3o2)CC1. The minimum Gasteiger partial charge on any atom is -0.481 e. The number of anilines is 1. The number of hydrogen-bond acceptors (Lipinski definition) is 5. The molecular weight excluding hydrogens is 334 g/mol. The number of amides is 1. The monoisotopic (exact) mass is 359 g/mol. The standard InChI is InChI=1S/C19H25N3O4/c1-13(2)22(12-9-17(23)24)18(25)14-7-10-21(11-8-14)19-20-15-5-3-4-6-16(15)26-19/h3-6,13-14H,7-12H2,1-2H3,(H,23,24). The number of carbonyl (C=O) groups excluding carboxylic acids is 1. The Morgan fingerprint density at radius 2 is 2.00 bits per heavy atom. The maximum atomic E-state index is 12.8. The van der Waals surface area contributed by atoms with Gasteiger partial charge in [-0.3, -0.25) is 9.59 Å². The van der Waals surface area contributed by atoms with E-state index in [9.17, 15) is 9.59 Å². The van der Waals surface area contributed by atoms with Crippen molar-refractivity contribution in [2.75, 3.05) is 24.5 Å². The number of oxazole rings is 1. The van der Waals surface area contributed by atoms with Crippen LogP contribution in [0.15, 0.2) is 28.7 Å². The second-order valence-electron chi connectivity index (χ2n) is 6.99. The van der Waals surface area contributed by atoms with Gasteiger partial charge < -0.3 is 19.3 Å². The van der Waals surface area contributed by atoms with Gasteiger partial charge in [-0.1, -0.05) is 12.1 Å². The maximum Gasteiger partial charge on any atom is 0.305 e. The number of carboxylic acids is 1. The second-order valence-corrected chi connectivity index (χ2v) is 6.99. The van der Waals surface area contributed by atoms with Crippen molar-refractivity contribution in [3.05, 3.63) is 24.3 Å². The van der Waals surface area contributed by atoms with Gasteiger partial charge in [0.1, 0.15) is 5.52 Å². The number of fused-ring (bicyclic) bond motifs is 1. The Morgan fingerprint density at radius 3 is 2.62 bits per heavy atom. The first kappa shape index (κ1) is 18.2. The van der Waals surface area contributed by atoms with E-state index in [1.165, 1.54) is 0 Å². The van der Waals surface area contributed by atoms with Gasteiger partial charge in [0, 0.05) is 31.6 Å². The van der Waals surface area contributed by atoms with Crippen LogP contribution in [0.5, 0.6) is 0 Å². The molecule has 0 radical (unpaired) electrons. The van der Waals surface area contributed by atoms with Crippen LogP contribution < -0.4 is 4.90 Å². The van der Waals surface area contributed by atoms with Gasteiger partial charge in [0.25, 0.3) is 6.01 Å². The first-order valence-electron chi connectivity index (χ1n) is 9.08. The van der Waals surface area contributed by atoms with Crippen molar-refractivity contribution in [1.29, 1.82) is 0 Å². The van der Waals surface area contributed by atoms with Gasteiger partial charge >= 0.3 is 5.97 Å². The topological polar surface area (TPSA) is 86.9 Å². The average Bonchev–Trinajstić information content (AvgIpc) is 3.05. The molecule has 2 aromatic rings. The number of aliphatic carboxylic acids is 1. The molecule has 0 bridgehead atoms. The van der Waals surface area contributed by atoms with Crippen LogP contribution in [0.1, 0.15) is 33.1 Å². The minimum absolute atomic E-state index is 0.00285. The summed E-state index contributed by atoms with van der Waals surface area (Å²) >= 11 is 0. The molecular formula is C19H25N3O4. The molecule has 0 unspecified atom stereocenters. The number of aromatic nitrogens is 1. The number of hydrogen-bond donors (Lipinski definition) is 1. The predicted octanol–water partition coefficient (Wildman–Crippen LogP) is 2.76. The summed E-state index contributed by atoms with van der Waals surface area (Å²) < 4.78 is 5.81. The molecule has 1 fully saturated rings. The molecule has 1 aliphatic rings. The molecule has 140 valence electrons. The summed E-state index contributed by atoms with van der Waals surface area (Å²) in [5, 5.41) is 8.89. The van der Waals surface area contributed by atoms with Crippen LogP contribution >= 0.6 is 0 Å². The van der Waals surface area contributed by atoms with Gasteiger partial charge in [0.15, 0.2) is 5.58 Å². The fraction of sp³-hybridized carbons (Fsp3) is 0.526. The van der Waals surface area contributed by atoms with Gasteiger partial charge in [-0.25, -0.2) is 0 Å². The van der Waals surface area contributed by atoms with Crippen molar-refractivity contribution >= 4 is 29.0 Å². The number of benzene rings is 1. The van der Waals surface area contributed by atoms with Crippen LogP contribution in [-0.2, 0) is 9.59 Å². The summed E-state index contributed by atoms with van der Waals surface area (Å²) in [6.07, 6.45) is 1.41. The molecule has 1 aromatic heterocycles. The fourth-order valence-corrected chi connectivity index (χ4v) is 3.39. The van der Waals surface area contributed by atoms with Crippen molar-refractivity contribution in [1.82, 2.24) is 9.88 Å². The van der Waals surface area contributed by atoms with Gasteiger partial charge in [-0.15, -0.1) is 0 Å². The van der Waals surface area contributed by atoms with Gasteiger partial charge in [-0.05, 0) is 38.8 Å². The highest BCUT2D eigenvalue weighted by atomic mass is 16.4. The molecule has 26 heavy (non-hydrogen) atoms. The Labute approximate surface area is 152 Å². The molecule has 1 aromatic carbocycles. The lowest BCUT2D eigenvalue weighted by atomic mass is 9.95. The zero-order chi connectivity index (χ0) is 18.7. The molecule has 0 spiro atoms. The lowest BCUT2D eigenvalue weighted by molar-refractivity contribution is -0.141. The van der Waals surface area contributed by atoms with Gasteiger partial charge in [0.2, 0.25) is 5.91 Å². The van der Waals surface area contributed by atoms with E-state index in [0.29, 0.717) is 31.9 Å². The van der Waals surface area contributed by atoms with E-state index in [1.807, 2.05) is 38.1 Å². The summed E-state index contributed by atoms with van der Waals surface area (Å²) in [5.74, 6) is -0.903. The predicted molar refractivity (Wildman–Crippen MR) is 98.0 cm³/mol. The summed E-state index contributed by atoms with van der Waals surface area (Å²) in [6, 6.07) is 8.25. The highest BCUT2D eigenvalue weighted by molar-refractivity contribution is 5.80. The summed E-state index contributed by atoms with van der Waals surface area (Å²) in [5.41, 5.74) is 1.60. The Morgan fingerprint density at radius 1 is 1.31 bits per heavy atom. The third kappa shape index (κ3) is 3.98. The van der Waals surface area contributed by atoms with Crippen LogP contribution in [0.25, 0.3) is 11.1 Å². The van der Waals surface area contributed by atoms with Crippen LogP contribution in [0, 0.1) is 5.92 Å². The van der Waals surface area contributed by atoms with Crippen LogP contribution in [0.2, 0.25) is 0 Å². The number of carbonyl (C=O) groups is 2. The number of piperidine rings is 1. The van der Waals surface area contributed by atoms with Gasteiger partial charge in [-0.2, -0.15) is 4.98 Å². The van der Waals surface area contributed by atoms with Crippen molar-refractivity contribution in [2.24, 2.45) is 5.92 Å². The summed E-state index contributed by atoms with van der Waals surface area (Å²) in [7, 11) is 0. The molecule has 0 aliphatic carbocycles. The zero-order valence-corrected chi connectivity index (χ0v) is 15.2. The van der Waals surface area contributed by atoms with Crippen molar-refractivity contribution < 1.29 is 19.1 Å². The smallest absolute Gasteiger partial charge is 0.305 e. The Hall–Kier alpha value is -2.57. The number of carboxylic acid groups (broad SMARTS) is 1. The molecule has 7 heteroatoms. The summed E-state index contributed by atoms with van der Waals surface area (Å²) in [4.78, 5) is 31.9. The first-order chi connectivity index (χ1) is 12.5. The highest BCUT2D eigenvalue weighted by Crippen LogP contribution is 2.27. The maximum absolute atomic E-state index is 12.8. The van der Waals surface area contributed by atoms with Crippen LogP contribution in [0.3, 0.4) is 0 Å². The van der Waals surface area contributed by atoms with Crippen LogP contribution in [-0.4, -0.2) is 52.5 Å². The third-order valence-corrected chi connectivity index (χ3v) is 4.87. The van der Waals surface area contributed by atoms with E-state index < -0.39 is 5.97 Å². The molecule has 0 saturated carbocycles. The van der Waals surface area contributed by atoms with E-state index >= 15 is 0 Å². The van der Waals surface area contributed by atoms with Crippen molar-refractivity contribution in [2.45, 2.75) is 39.2 Å². The second kappa shape index (κ2) is 7.76. The van der Waals surface area contributed by atoms with Crippen molar-refractivity contribution in [3.8, 4) is 0 Å². The third-order valence-electron chi connectivity index (χ3n) is 4.87. The Balaban J connectivity index is 1.61. The van der Waals surface area contributed by atoms with E-state index in [4.69, 9.17) is 9.52 Å². The number of para-hydroxylation sites is 2. The average molecular weight is 359 g/mol. The molecule has 1 N–H and O–H groups in total. The fourth-order valence-electron chi connectivity index (χ4n) is 3.39. The van der Waals surface area contributed by atoms with E-state index in [1.54, 1.807) is 4.90 Å². The Bertz CT molecular complexity index is 745. The lowest BCUT2D eigenvalue weighted by Gasteiger charge is -2.35. The highest BCUT2D eigenvalue weighted by Gasteiger charge is 2.31. The largest absolute Gasteiger partial charge is 0.481 e. The molecule has 7 nitrogen and oxygen atoms in total. The first-order valence-corrected chi connectivity index (χ1v) is 9.08. The Kier molecular flexibility index (Phi) is 5.44. The molecule has 1 aliphatic heterocycles. The minimum atomic E-state index is -0.880.